The first-order valence-electron chi connectivity index (χ1n) is 6.65. The lowest BCUT2D eigenvalue weighted by Crippen LogP contribution is -2.13. The molecular weight excluding hydrogens is 314 g/mol. The lowest BCUT2D eigenvalue weighted by molar-refractivity contribution is 0.102. The SMILES string of the molecule is Cc1ccc(Br)cc1C(=O)Nc1cccc(C(C)C)c1. The molecule has 0 atom stereocenters. The molecule has 1 N–H and O–H groups in total. The largest absolute Gasteiger partial charge is 0.322 e. The predicted molar refractivity (Wildman–Crippen MR) is 87.4 cm³/mol. The summed E-state index contributed by atoms with van der Waals surface area (Å²) in [5, 5.41) is 2.96. The van der Waals surface area contributed by atoms with Crippen LogP contribution in [0.1, 0.15) is 41.3 Å². The highest BCUT2D eigenvalue weighted by Crippen LogP contribution is 2.21. The summed E-state index contributed by atoms with van der Waals surface area (Å²) in [4.78, 5) is 12.3. The normalized spacial score (nSPS) is 10.7. The van der Waals surface area contributed by atoms with Gasteiger partial charge in [-0.15, -0.1) is 0 Å². The fourth-order valence-electron chi connectivity index (χ4n) is 2.01. The summed E-state index contributed by atoms with van der Waals surface area (Å²) in [5.41, 5.74) is 3.70. The quantitative estimate of drug-likeness (QED) is 0.829. The molecule has 0 aliphatic carbocycles. The number of amides is 1. The van der Waals surface area contributed by atoms with Crippen molar-refractivity contribution in [2.75, 3.05) is 5.32 Å². The first-order chi connectivity index (χ1) is 9.47. The highest BCUT2D eigenvalue weighted by atomic mass is 79.9. The van der Waals surface area contributed by atoms with E-state index in [0.717, 1.165) is 15.7 Å². The maximum Gasteiger partial charge on any atom is 0.255 e. The standard InChI is InChI=1S/C17H18BrNO/c1-11(2)13-5-4-6-15(9-13)19-17(20)16-10-14(18)8-7-12(16)3/h4-11H,1-3H3,(H,19,20). The summed E-state index contributed by atoms with van der Waals surface area (Å²) in [6, 6.07) is 13.7. The minimum atomic E-state index is -0.0790. The van der Waals surface area contributed by atoms with E-state index in [0.29, 0.717) is 11.5 Å². The van der Waals surface area contributed by atoms with E-state index >= 15 is 0 Å². The Hall–Kier alpha value is -1.61. The fraction of sp³-hybridized carbons (Fsp3) is 0.235. The van der Waals surface area contributed by atoms with E-state index in [9.17, 15) is 4.79 Å². The van der Waals surface area contributed by atoms with Crippen molar-refractivity contribution in [2.24, 2.45) is 0 Å². The molecule has 2 aromatic rings. The second kappa shape index (κ2) is 6.23. The van der Waals surface area contributed by atoms with Crippen LogP contribution in [0.5, 0.6) is 0 Å². The molecule has 104 valence electrons. The first kappa shape index (κ1) is 14.8. The Bertz CT molecular complexity index is 635. The summed E-state index contributed by atoms with van der Waals surface area (Å²) in [6.45, 7) is 6.21. The van der Waals surface area contributed by atoms with Crippen molar-refractivity contribution >= 4 is 27.5 Å². The van der Waals surface area contributed by atoms with Gasteiger partial charge in [0.15, 0.2) is 0 Å². The molecule has 2 aromatic carbocycles. The van der Waals surface area contributed by atoms with Gasteiger partial charge in [-0.3, -0.25) is 4.79 Å². The van der Waals surface area contributed by atoms with Crippen LogP contribution in [-0.4, -0.2) is 5.91 Å². The molecule has 1 amide bonds. The molecular formula is C17H18BrNO. The molecule has 0 saturated heterocycles. The zero-order chi connectivity index (χ0) is 14.7. The van der Waals surface area contributed by atoms with Crippen LogP contribution in [0, 0.1) is 6.92 Å². The van der Waals surface area contributed by atoms with Gasteiger partial charge in [0.25, 0.3) is 5.91 Å². The topological polar surface area (TPSA) is 29.1 Å². The predicted octanol–water partition coefficient (Wildman–Crippen LogP) is 5.13. The second-order valence-corrected chi connectivity index (χ2v) is 6.11. The van der Waals surface area contributed by atoms with Gasteiger partial charge in [-0.1, -0.05) is 48.0 Å². The molecule has 3 heteroatoms. The number of rotatable bonds is 3. The zero-order valence-electron chi connectivity index (χ0n) is 11.9. The average Bonchev–Trinajstić information content (AvgIpc) is 2.41. The third kappa shape index (κ3) is 3.48. The molecule has 0 spiro atoms. The third-order valence-corrected chi connectivity index (χ3v) is 3.75. The van der Waals surface area contributed by atoms with Crippen LogP contribution in [-0.2, 0) is 0 Å². The number of carbonyl (C=O) groups excluding carboxylic acids is 1. The number of nitrogens with one attached hydrogen (secondary N) is 1. The number of hydrogen-bond donors (Lipinski definition) is 1. The minimum absolute atomic E-state index is 0.0790. The van der Waals surface area contributed by atoms with Crippen molar-refractivity contribution in [1.82, 2.24) is 0 Å². The van der Waals surface area contributed by atoms with Gasteiger partial charge < -0.3 is 5.32 Å². The number of hydrogen-bond acceptors (Lipinski definition) is 1. The van der Waals surface area contributed by atoms with Gasteiger partial charge in [0.1, 0.15) is 0 Å². The third-order valence-electron chi connectivity index (χ3n) is 3.26. The summed E-state index contributed by atoms with van der Waals surface area (Å²) in [5.74, 6) is 0.365. The van der Waals surface area contributed by atoms with Crippen LogP contribution in [0.15, 0.2) is 46.9 Å². The maximum atomic E-state index is 12.3. The van der Waals surface area contributed by atoms with Crippen LogP contribution in [0.3, 0.4) is 0 Å². The molecule has 0 bridgehead atoms. The summed E-state index contributed by atoms with van der Waals surface area (Å²) < 4.78 is 0.907. The summed E-state index contributed by atoms with van der Waals surface area (Å²) in [7, 11) is 0. The number of halogens is 1. The summed E-state index contributed by atoms with van der Waals surface area (Å²) >= 11 is 3.40. The van der Waals surface area contributed by atoms with Gasteiger partial charge in [-0.2, -0.15) is 0 Å². The second-order valence-electron chi connectivity index (χ2n) is 5.19. The van der Waals surface area contributed by atoms with Gasteiger partial charge in [0.05, 0.1) is 0 Å². The lowest BCUT2D eigenvalue weighted by Gasteiger charge is -2.11. The summed E-state index contributed by atoms with van der Waals surface area (Å²) in [6.07, 6.45) is 0. The molecule has 0 aromatic heterocycles. The van der Waals surface area contributed by atoms with Gasteiger partial charge in [0, 0.05) is 15.7 Å². The van der Waals surface area contributed by atoms with Crippen LogP contribution in [0.2, 0.25) is 0 Å². The van der Waals surface area contributed by atoms with Crippen LogP contribution < -0.4 is 5.32 Å². The Kier molecular flexibility index (Phi) is 4.61. The van der Waals surface area contributed by atoms with Crippen molar-refractivity contribution < 1.29 is 4.79 Å². The van der Waals surface area contributed by atoms with Crippen molar-refractivity contribution in [3.63, 3.8) is 0 Å². The molecule has 0 aliphatic heterocycles. The van der Waals surface area contributed by atoms with E-state index in [1.807, 2.05) is 43.3 Å². The van der Waals surface area contributed by atoms with Gasteiger partial charge in [-0.05, 0) is 48.2 Å². The van der Waals surface area contributed by atoms with Gasteiger partial charge in [0.2, 0.25) is 0 Å². The maximum absolute atomic E-state index is 12.3. The van der Waals surface area contributed by atoms with Crippen LogP contribution in [0.25, 0.3) is 0 Å². The number of anilines is 1. The van der Waals surface area contributed by atoms with E-state index in [-0.39, 0.29) is 5.91 Å². The molecule has 20 heavy (non-hydrogen) atoms. The fourth-order valence-corrected chi connectivity index (χ4v) is 2.37. The molecule has 0 radical (unpaired) electrons. The zero-order valence-corrected chi connectivity index (χ0v) is 13.5. The molecule has 0 aliphatic rings. The Balaban J connectivity index is 2.23. The van der Waals surface area contributed by atoms with Crippen molar-refractivity contribution in [2.45, 2.75) is 26.7 Å². The molecule has 2 rings (SSSR count). The average molecular weight is 332 g/mol. The van der Waals surface area contributed by atoms with Gasteiger partial charge in [-0.25, -0.2) is 0 Å². The lowest BCUT2D eigenvalue weighted by atomic mass is 10.0. The van der Waals surface area contributed by atoms with E-state index in [2.05, 4.69) is 41.2 Å². The van der Waals surface area contributed by atoms with Crippen LogP contribution in [0.4, 0.5) is 5.69 Å². The number of benzene rings is 2. The van der Waals surface area contributed by atoms with Crippen LogP contribution >= 0.6 is 15.9 Å². The molecule has 0 fully saturated rings. The Morgan fingerprint density at radius 2 is 1.90 bits per heavy atom. The van der Waals surface area contributed by atoms with Gasteiger partial charge >= 0.3 is 0 Å². The highest BCUT2D eigenvalue weighted by Gasteiger charge is 2.10. The molecule has 2 nitrogen and oxygen atoms in total. The Labute approximate surface area is 128 Å². The Morgan fingerprint density at radius 3 is 2.60 bits per heavy atom. The molecule has 0 heterocycles. The number of carbonyl (C=O) groups is 1. The monoisotopic (exact) mass is 331 g/mol. The number of aryl methyl sites for hydroxylation is 1. The van der Waals surface area contributed by atoms with E-state index < -0.39 is 0 Å². The van der Waals surface area contributed by atoms with E-state index in [1.54, 1.807) is 0 Å². The Morgan fingerprint density at radius 1 is 1.15 bits per heavy atom. The minimum Gasteiger partial charge on any atom is -0.322 e. The molecule has 0 unspecified atom stereocenters. The van der Waals surface area contributed by atoms with E-state index in [1.165, 1.54) is 5.56 Å². The van der Waals surface area contributed by atoms with Crippen molar-refractivity contribution in [1.29, 1.82) is 0 Å². The highest BCUT2D eigenvalue weighted by molar-refractivity contribution is 9.10. The van der Waals surface area contributed by atoms with E-state index in [4.69, 9.17) is 0 Å². The smallest absolute Gasteiger partial charge is 0.255 e. The first-order valence-corrected chi connectivity index (χ1v) is 7.44. The molecule has 0 saturated carbocycles. The van der Waals surface area contributed by atoms with Crippen molar-refractivity contribution in [3.8, 4) is 0 Å². The van der Waals surface area contributed by atoms with Crippen molar-refractivity contribution in [3.05, 3.63) is 63.6 Å².